The van der Waals surface area contributed by atoms with E-state index in [1.165, 1.54) is 6.08 Å². The average molecular weight is 413 g/mol. The van der Waals surface area contributed by atoms with E-state index in [-0.39, 0.29) is 25.7 Å². The highest BCUT2D eigenvalue weighted by atomic mass is 16.8. The predicted octanol–water partition coefficient (Wildman–Crippen LogP) is 3.87. The quantitative estimate of drug-likeness (QED) is 0.668. The lowest BCUT2D eigenvalue weighted by Crippen LogP contribution is -2.45. The van der Waals surface area contributed by atoms with Crippen LogP contribution in [0.25, 0.3) is 0 Å². The average Bonchev–Trinajstić information content (AvgIpc) is 3.24. The molecule has 0 aromatic heterocycles. The summed E-state index contributed by atoms with van der Waals surface area (Å²) in [6.07, 6.45) is 6.99. The molecule has 3 rings (SSSR count). The Morgan fingerprint density at radius 2 is 1.62 bits per heavy atom. The number of ether oxygens (including phenoxy) is 4. The summed E-state index contributed by atoms with van der Waals surface area (Å²) < 4.78 is 22.5. The summed E-state index contributed by atoms with van der Waals surface area (Å²) in [4.78, 5) is 0. The molecular weight excluding hydrogens is 372 g/mol. The highest BCUT2D eigenvalue weighted by Crippen LogP contribution is 2.41. The molecular formula is C23H40O6. The molecule has 1 aliphatic carbocycles. The Morgan fingerprint density at radius 3 is 2.10 bits per heavy atom. The molecule has 0 spiro atoms. The minimum absolute atomic E-state index is 0. The predicted molar refractivity (Wildman–Crippen MR) is 114 cm³/mol. The van der Waals surface area contributed by atoms with E-state index >= 15 is 0 Å². The monoisotopic (exact) mass is 412 g/mol. The molecule has 2 heterocycles. The maximum Gasteiger partial charge on any atom is 0.164 e. The second-order valence-corrected chi connectivity index (χ2v) is 8.53. The molecule has 6 heteroatoms. The molecule has 0 unspecified atom stereocenters. The third-order valence-electron chi connectivity index (χ3n) is 5.54. The molecule has 2 saturated heterocycles. The largest absolute Gasteiger partial charge is 0.383 e. The highest BCUT2D eigenvalue weighted by Gasteiger charge is 2.52. The van der Waals surface area contributed by atoms with Crippen LogP contribution in [0.3, 0.4) is 0 Å². The van der Waals surface area contributed by atoms with Gasteiger partial charge in [-0.3, -0.25) is 0 Å². The van der Waals surface area contributed by atoms with E-state index in [1.54, 1.807) is 12.2 Å². The fraction of sp³-hybridized carbons (Fsp3) is 0.739. The fourth-order valence-corrected chi connectivity index (χ4v) is 3.80. The van der Waals surface area contributed by atoms with Crippen molar-refractivity contribution in [2.75, 3.05) is 0 Å². The Balaban J connectivity index is 0.000000282. The molecule has 0 amide bonds. The number of hydrogen-bond donors (Lipinski definition) is 2. The molecule has 0 aromatic rings. The molecule has 2 fully saturated rings. The van der Waals surface area contributed by atoms with Gasteiger partial charge >= 0.3 is 0 Å². The maximum absolute atomic E-state index is 10.3. The van der Waals surface area contributed by atoms with Gasteiger partial charge in [0.1, 0.15) is 35.6 Å². The molecule has 0 aromatic carbocycles. The second kappa shape index (κ2) is 9.00. The topological polar surface area (TPSA) is 77.4 Å². The zero-order valence-corrected chi connectivity index (χ0v) is 18.0. The molecule has 0 saturated carbocycles. The van der Waals surface area contributed by atoms with Gasteiger partial charge in [0, 0.05) is 0 Å². The zero-order valence-electron chi connectivity index (χ0n) is 18.0. The Kier molecular flexibility index (Phi) is 8.07. The number of rotatable bonds is 5. The smallest absolute Gasteiger partial charge is 0.164 e. The van der Waals surface area contributed by atoms with Crippen LogP contribution in [0, 0.1) is 0 Å². The summed E-state index contributed by atoms with van der Waals surface area (Å²) in [5, 5.41) is 20.4. The van der Waals surface area contributed by atoms with Gasteiger partial charge in [-0.1, -0.05) is 45.6 Å². The summed E-state index contributed by atoms with van der Waals surface area (Å²) in [5.41, 5.74) is -1.90. The van der Waals surface area contributed by atoms with Crippen LogP contribution < -0.4 is 0 Å². The lowest BCUT2D eigenvalue weighted by molar-refractivity contribution is -0.164. The van der Waals surface area contributed by atoms with Gasteiger partial charge in [0.2, 0.25) is 0 Å². The number of hydrogen-bond acceptors (Lipinski definition) is 6. The van der Waals surface area contributed by atoms with Gasteiger partial charge in [0.15, 0.2) is 11.6 Å². The summed E-state index contributed by atoms with van der Waals surface area (Å²) >= 11 is 0. The van der Waals surface area contributed by atoms with Crippen LogP contribution in [0.1, 0.15) is 61.8 Å². The van der Waals surface area contributed by atoms with E-state index in [9.17, 15) is 10.2 Å². The van der Waals surface area contributed by atoms with E-state index in [0.717, 1.165) is 0 Å². The van der Waals surface area contributed by atoms with Gasteiger partial charge in [-0.2, -0.15) is 0 Å². The van der Waals surface area contributed by atoms with Gasteiger partial charge in [0.25, 0.3) is 0 Å². The maximum atomic E-state index is 10.3. The molecule has 3 aliphatic rings. The molecule has 29 heavy (non-hydrogen) atoms. The van der Waals surface area contributed by atoms with Crippen molar-refractivity contribution in [2.24, 2.45) is 0 Å². The Morgan fingerprint density at radius 1 is 1.03 bits per heavy atom. The van der Waals surface area contributed by atoms with E-state index in [1.807, 2.05) is 47.6 Å². The molecule has 168 valence electrons. The SMILES string of the molecule is C.C=C[C@@H]1OC(C)(C)O[C@@H]1[C@@](O)(C=C)CC.CC[C@]1(O)C=C[C@@H]2OC(C)(C)O[C@@H]21. The summed E-state index contributed by atoms with van der Waals surface area (Å²) in [6, 6.07) is 0. The first-order valence-corrected chi connectivity index (χ1v) is 9.97. The van der Waals surface area contributed by atoms with Crippen LogP contribution in [-0.4, -0.2) is 57.4 Å². The van der Waals surface area contributed by atoms with E-state index in [2.05, 4.69) is 13.2 Å². The van der Waals surface area contributed by atoms with Gasteiger partial charge in [-0.05, 0) is 40.5 Å². The standard InChI is InChI=1S/C12H20O3.C10H16O3.CH4/c1-6-9-10(12(13,7-2)8-3)15-11(4,5)14-9;1-4-10(11)6-5-7-8(10)13-9(2,3)12-7;/h6-7,9-10,13H,1-2,8H2,3-5H3;5-8,11H,4H2,1-3H3;1H4/t9-,10-,12+;7-,8-,10-;/m00./s1. The van der Waals surface area contributed by atoms with Crippen molar-refractivity contribution in [3.63, 3.8) is 0 Å². The van der Waals surface area contributed by atoms with Gasteiger partial charge < -0.3 is 29.2 Å². The van der Waals surface area contributed by atoms with Crippen molar-refractivity contribution < 1.29 is 29.2 Å². The second-order valence-electron chi connectivity index (χ2n) is 8.53. The summed E-state index contributed by atoms with van der Waals surface area (Å²) in [7, 11) is 0. The third-order valence-corrected chi connectivity index (χ3v) is 5.54. The Bertz CT molecular complexity index is 612. The summed E-state index contributed by atoms with van der Waals surface area (Å²) in [5.74, 6) is -1.25. The Labute approximate surface area is 176 Å². The highest BCUT2D eigenvalue weighted by molar-refractivity contribution is 5.21. The van der Waals surface area contributed by atoms with Crippen molar-refractivity contribution in [1.29, 1.82) is 0 Å². The number of aliphatic hydroxyl groups is 2. The van der Waals surface area contributed by atoms with Crippen LogP contribution in [0.15, 0.2) is 37.5 Å². The molecule has 6 nitrogen and oxygen atoms in total. The van der Waals surface area contributed by atoms with E-state index < -0.39 is 28.9 Å². The van der Waals surface area contributed by atoms with Gasteiger partial charge in [-0.15, -0.1) is 13.2 Å². The van der Waals surface area contributed by atoms with E-state index in [4.69, 9.17) is 18.9 Å². The van der Waals surface area contributed by atoms with Crippen molar-refractivity contribution in [3.8, 4) is 0 Å². The van der Waals surface area contributed by atoms with Crippen LogP contribution in [0.4, 0.5) is 0 Å². The van der Waals surface area contributed by atoms with Gasteiger partial charge in [-0.25, -0.2) is 0 Å². The van der Waals surface area contributed by atoms with Crippen LogP contribution in [0.2, 0.25) is 0 Å². The van der Waals surface area contributed by atoms with Crippen LogP contribution in [0.5, 0.6) is 0 Å². The first kappa shape index (κ1) is 26.0. The minimum atomic E-state index is -1.06. The van der Waals surface area contributed by atoms with Gasteiger partial charge in [0.05, 0.1) is 0 Å². The van der Waals surface area contributed by atoms with Crippen LogP contribution >= 0.6 is 0 Å². The third kappa shape index (κ3) is 5.37. The van der Waals surface area contributed by atoms with Crippen molar-refractivity contribution in [1.82, 2.24) is 0 Å². The lowest BCUT2D eigenvalue weighted by atomic mass is 9.90. The minimum Gasteiger partial charge on any atom is -0.383 e. The summed E-state index contributed by atoms with van der Waals surface area (Å²) in [6.45, 7) is 18.6. The van der Waals surface area contributed by atoms with Crippen molar-refractivity contribution in [2.45, 2.75) is 109 Å². The Hall–Kier alpha value is -1.02. The first-order valence-electron chi connectivity index (χ1n) is 9.97. The molecule has 2 aliphatic heterocycles. The fourth-order valence-electron chi connectivity index (χ4n) is 3.80. The van der Waals surface area contributed by atoms with Crippen molar-refractivity contribution >= 4 is 0 Å². The van der Waals surface area contributed by atoms with E-state index in [0.29, 0.717) is 12.8 Å². The van der Waals surface area contributed by atoms with Crippen LogP contribution in [-0.2, 0) is 18.9 Å². The normalized spacial score (nSPS) is 38.2. The molecule has 2 N–H and O–H groups in total. The van der Waals surface area contributed by atoms with Crippen molar-refractivity contribution in [3.05, 3.63) is 37.5 Å². The molecule has 6 atom stereocenters. The lowest BCUT2D eigenvalue weighted by Gasteiger charge is -2.31. The number of fused-ring (bicyclic) bond motifs is 1. The first-order chi connectivity index (χ1) is 12.9. The molecule has 0 bridgehead atoms. The molecule has 0 radical (unpaired) electrons. The zero-order chi connectivity index (χ0) is 21.4.